The standard InChI is InChI=1S/C24H27N7O/c25-12-17(24(32)30-21-8-7-16-4-3-10-26-23(16)21)13-27-18-14-31(15-18)11-9-22-28-19-5-1-2-6-20(19)29-22/h1-6,10,12-13,18,21H,7-9,11,14-15,25H2,(H,28,29)(H,30,32). The maximum Gasteiger partial charge on any atom is 0.254 e. The first kappa shape index (κ1) is 20.4. The number of fused-ring (bicyclic) bond motifs is 2. The van der Waals surface area contributed by atoms with Crippen molar-refractivity contribution in [3.63, 3.8) is 0 Å². The molecule has 32 heavy (non-hydrogen) atoms. The molecule has 2 aliphatic rings. The van der Waals surface area contributed by atoms with Crippen molar-refractivity contribution in [3.05, 3.63) is 71.4 Å². The molecule has 0 spiro atoms. The smallest absolute Gasteiger partial charge is 0.254 e. The number of aromatic amines is 1. The Morgan fingerprint density at radius 1 is 1.28 bits per heavy atom. The molecule has 0 bridgehead atoms. The van der Waals surface area contributed by atoms with E-state index in [2.05, 4.69) is 36.2 Å². The van der Waals surface area contributed by atoms with E-state index in [9.17, 15) is 4.79 Å². The van der Waals surface area contributed by atoms with Gasteiger partial charge in [-0.3, -0.25) is 19.7 Å². The fourth-order valence-electron chi connectivity index (χ4n) is 4.37. The van der Waals surface area contributed by atoms with Crippen LogP contribution in [0.15, 0.2) is 59.4 Å². The minimum absolute atomic E-state index is 0.0699. The second kappa shape index (κ2) is 8.92. The van der Waals surface area contributed by atoms with Crippen LogP contribution in [0.3, 0.4) is 0 Å². The lowest BCUT2D eigenvalue weighted by Gasteiger charge is -2.36. The number of imidazole rings is 1. The lowest BCUT2D eigenvalue weighted by molar-refractivity contribution is -0.117. The van der Waals surface area contributed by atoms with Crippen molar-refractivity contribution in [3.8, 4) is 0 Å². The molecule has 3 aromatic rings. The Morgan fingerprint density at radius 2 is 2.16 bits per heavy atom. The first-order valence-corrected chi connectivity index (χ1v) is 11.1. The number of pyridine rings is 1. The maximum atomic E-state index is 12.7. The van der Waals surface area contributed by atoms with Crippen molar-refractivity contribution >= 4 is 23.2 Å². The predicted molar refractivity (Wildman–Crippen MR) is 124 cm³/mol. The third-order valence-corrected chi connectivity index (χ3v) is 6.17. The van der Waals surface area contributed by atoms with Gasteiger partial charge in [-0.1, -0.05) is 18.2 Å². The number of aromatic nitrogens is 3. The van der Waals surface area contributed by atoms with Crippen molar-refractivity contribution in [1.82, 2.24) is 25.2 Å². The van der Waals surface area contributed by atoms with E-state index in [1.165, 1.54) is 11.8 Å². The molecule has 1 atom stereocenters. The minimum Gasteiger partial charge on any atom is -0.404 e. The maximum absolute atomic E-state index is 12.7. The van der Waals surface area contributed by atoms with Gasteiger partial charge in [0.2, 0.25) is 0 Å². The van der Waals surface area contributed by atoms with Gasteiger partial charge in [0, 0.05) is 44.7 Å². The molecule has 1 fully saturated rings. The molecule has 1 saturated heterocycles. The first-order valence-electron chi connectivity index (χ1n) is 11.1. The van der Waals surface area contributed by atoms with Crippen LogP contribution in [0.5, 0.6) is 0 Å². The number of hydrogen-bond donors (Lipinski definition) is 3. The van der Waals surface area contributed by atoms with Gasteiger partial charge < -0.3 is 16.0 Å². The highest BCUT2D eigenvalue weighted by Gasteiger charge is 2.27. The molecule has 4 N–H and O–H groups in total. The van der Waals surface area contributed by atoms with Crippen LogP contribution < -0.4 is 11.1 Å². The summed E-state index contributed by atoms with van der Waals surface area (Å²) in [7, 11) is 0. The quantitative estimate of drug-likeness (QED) is 0.392. The summed E-state index contributed by atoms with van der Waals surface area (Å²) >= 11 is 0. The molecule has 3 heterocycles. The second-order valence-corrected chi connectivity index (χ2v) is 8.38. The number of carbonyl (C=O) groups is 1. The van der Waals surface area contributed by atoms with E-state index in [1.54, 1.807) is 12.4 Å². The molecule has 1 aliphatic heterocycles. The molecule has 1 unspecified atom stereocenters. The van der Waals surface area contributed by atoms with Gasteiger partial charge in [-0.15, -0.1) is 0 Å². The SMILES string of the molecule is NC=C(C=NC1CN(CCc2nc3ccccc3[nH]2)C1)C(=O)NC1CCc2cccnc21. The number of nitrogens with one attached hydrogen (secondary N) is 2. The van der Waals surface area contributed by atoms with Crippen molar-refractivity contribution in [2.45, 2.75) is 31.3 Å². The van der Waals surface area contributed by atoms with E-state index < -0.39 is 0 Å². The van der Waals surface area contributed by atoms with Gasteiger partial charge in [-0.2, -0.15) is 0 Å². The minimum atomic E-state index is -0.208. The molecule has 1 aliphatic carbocycles. The molecule has 5 rings (SSSR count). The Morgan fingerprint density at radius 3 is 3.00 bits per heavy atom. The third-order valence-electron chi connectivity index (χ3n) is 6.17. The number of rotatable bonds is 7. The summed E-state index contributed by atoms with van der Waals surface area (Å²) < 4.78 is 0. The van der Waals surface area contributed by atoms with E-state index in [-0.39, 0.29) is 18.0 Å². The van der Waals surface area contributed by atoms with Crippen LogP contribution in [-0.4, -0.2) is 57.6 Å². The van der Waals surface area contributed by atoms with Crippen molar-refractivity contribution < 1.29 is 4.79 Å². The number of likely N-dealkylation sites (tertiary alicyclic amines) is 1. The summed E-state index contributed by atoms with van der Waals surface area (Å²) in [6, 6.07) is 12.2. The number of carbonyl (C=O) groups excluding carboxylic acids is 1. The zero-order valence-corrected chi connectivity index (χ0v) is 17.9. The van der Waals surface area contributed by atoms with Crippen molar-refractivity contribution in [1.29, 1.82) is 0 Å². The monoisotopic (exact) mass is 429 g/mol. The Labute approximate surface area is 186 Å². The number of amides is 1. The molecule has 8 heteroatoms. The predicted octanol–water partition coefficient (Wildman–Crippen LogP) is 1.90. The van der Waals surface area contributed by atoms with Crippen LogP contribution in [0.4, 0.5) is 0 Å². The highest BCUT2D eigenvalue weighted by molar-refractivity contribution is 6.12. The summed E-state index contributed by atoms with van der Waals surface area (Å²) in [5.74, 6) is 0.798. The van der Waals surface area contributed by atoms with Crippen LogP contribution >= 0.6 is 0 Å². The van der Waals surface area contributed by atoms with E-state index in [4.69, 9.17) is 5.73 Å². The van der Waals surface area contributed by atoms with Crippen LogP contribution in [0, 0.1) is 0 Å². The third kappa shape index (κ3) is 4.27. The van der Waals surface area contributed by atoms with Crippen LogP contribution in [-0.2, 0) is 17.6 Å². The highest BCUT2D eigenvalue weighted by Crippen LogP contribution is 2.28. The number of nitrogens with zero attached hydrogens (tertiary/aromatic N) is 4. The molecule has 164 valence electrons. The number of nitrogens with two attached hydrogens (primary N) is 1. The van der Waals surface area contributed by atoms with E-state index in [1.807, 2.05) is 30.3 Å². The Balaban J connectivity index is 1.09. The summed E-state index contributed by atoms with van der Waals surface area (Å²) in [5, 5.41) is 3.04. The number of H-pyrrole nitrogens is 1. The first-order chi connectivity index (χ1) is 15.7. The fraction of sp³-hybridized carbons (Fsp3) is 0.333. The molecule has 2 aromatic heterocycles. The van der Waals surface area contributed by atoms with Gasteiger partial charge in [-0.25, -0.2) is 4.98 Å². The Bertz CT molecular complexity index is 1140. The van der Waals surface area contributed by atoms with E-state index >= 15 is 0 Å². The number of aliphatic imine (C=N–C) groups is 1. The van der Waals surface area contributed by atoms with Crippen LogP contribution in [0.1, 0.15) is 29.5 Å². The van der Waals surface area contributed by atoms with Gasteiger partial charge in [-0.05, 0) is 36.6 Å². The molecule has 0 radical (unpaired) electrons. The van der Waals surface area contributed by atoms with Crippen molar-refractivity contribution in [2.24, 2.45) is 10.7 Å². The Hall–Kier alpha value is -3.52. The summed E-state index contributed by atoms with van der Waals surface area (Å²) in [4.78, 5) is 32.0. The van der Waals surface area contributed by atoms with Crippen molar-refractivity contribution in [2.75, 3.05) is 19.6 Å². The molecule has 0 saturated carbocycles. The van der Waals surface area contributed by atoms with Gasteiger partial charge in [0.15, 0.2) is 0 Å². The van der Waals surface area contributed by atoms with E-state index in [0.29, 0.717) is 5.57 Å². The summed E-state index contributed by atoms with van der Waals surface area (Å²) in [6.07, 6.45) is 7.35. The number of benzene rings is 1. The second-order valence-electron chi connectivity index (χ2n) is 8.38. The lowest BCUT2D eigenvalue weighted by Crippen LogP contribution is -2.50. The number of para-hydroxylation sites is 2. The Kier molecular flexibility index (Phi) is 5.68. The normalized spacial score (nSPS) is 19.4. The summed E-state index contributed by atoms with van der Waals surface area (Å²) in [5.41, 5.74) is 10.3. The van der Waals surface area contributed by atoms with Gasteiger partial charge >= 0.3 is 0 Å². The zero-order chi connectivity index (χ0) is 21.9. The number of hydrogen-bond acceptors (Lipinski definition) is 6. The topological polar surface area (TPSA) is 112 Å². The van der Waals surface area contributed by atoms with Crippen LogP contribution in [0.25, 0.3) is 11.0 Å². The molecule has 1 amide bonds. The average Bonchev–Trinajstić information content (AvgIpc) is 3.38. The molecular weight excluding hydrogens is 402 g/mol. The van der Waals surface area contributed by atoms with E-state index in [0.717, 1.165) is 61.4 Å². The fourth-order valence-corrected chi connectivity index (χ4v) is 4.37. The van der Waals surface area contributed by atoms with Gasteiger partial charge in [0.05, 0.1) is 34.4 Å². The van der Waals surface area contributed by atoms with Gasteiger partial charge in [0.1, 0.15) is 5.82 Å². The number of aryl methyl sites for hydroxylation is 1. The highest BCUT2D eigenvalue weighted by atomic mass is 16.1. The molecule has 1 aromatic carbocycles. The molecule has 8 nitrogen and oxygen atoms in total. The average molecular weight is 430 g/mol. The van der Waals surface area contributed by atoms with Crippen LogP contribution in [0.2, 0.25) is 0 Å². The summed E-state index contributed by atoms with van der Waals surface area (Å²) in [6.45, 7) is 2.67. The lowest BCUT2D eigenvalue weighted by atomic mass is 10.1. The molecular formula is C24H27N7O. The van der Waals surface area contributed by atoms with Gasteiger partial charge in [0.25, 0.3) is 5.91 Å². The zero-order valence-electron chi connectivity index (χ0n) is 17.9. The largest absolute Gasteiger partial charge is 0.404 e.